The normalized spacial score (nSPS) is 18.8. The second-order valence-corrected chi connectivity index (χ2v) is 5.57. The molecule has 1 aliphatic heterocycles. The third-order valence-corrected chi connectivity index (χ3v) is 3.33. The second kappa shape index (κ2) is 5.74. The highest BCUT2D eigenvalue weighted by Crippen LogP contribution is 2.26. The molecule has 1 aromatic carbocycles. The standard InChI is InChI=1S/C13H20N4O3/c1-13(2)9-16(5-6-20-13)8-10-3-4-11(15-14)12(7-10)17(18)19/h3-4,7,15H,5-6,8-9,14H2,1-2H3. The number of ether oxygens (including phenoxy) is 1. The van der Waals surface area contributed by atoms with Crippen LogP contribution >= 0.6 is 0 Å². The van der Waals surface area contributed by atoms with E-state index in [2.05, 4.69) is 10.3 Å². The Morgan fingerprint density at radius 2 is 2.30 bits per heavy atom. The van der Waals surface area contributed by atoms with Crippen molar-refractivity contribution in [3.8, 4) is 0 Å². The number of hydrogen-bond acceptors (Lipinski definition) is 6. The van der Waals surface area contributed by atoms with E-state index in [1.165, 1.54) is 0 Å². The second-order valence-electron chi connectivity index (χ2n) is 5.57. The number of nitrogens with zero attached hydrogens (tertiary/aromatic N) is 2. The molecule has 0 radical (unpaired) electrons. The van der Waals surface area contributed by atoms with E-state index in [0.29, 0.717) is 18.8 Å². The number of nitrogen functional groups attached to an aromatic ring is 1. The molecule has 1 fully saturated rings. The highest BCUT2D eigenvalue weighted by atomic mass is 16.6. The van der Waals surface area contributed by atoms with E-state index in [-0.39, 0.29) is 11.3 Å². The van der Waals surface area contributed by atoms with Gasteiger partial charge in [-0.2, -0.15) is 0 Å². The fraction of sp³-hybridized carbons (Fsp3) is 0.538. The Bertz CT molecular complexity index is 504. The molecule has 2 rings (SSSR count). The average Bonchev–Trinajstić information content (AvgIpc) is 2.37. The molecule has 1 aromatic rings. The van der Waals surface area contributed by atoms with Crippen LogP contribution in [0.25, 0.3) is 0 Å². The van der Waals surface area contributed by atoms with Gasteiger partial charge in [-0.25, -0.2) is 0 Å². The van der Waals surface area contributed by atoms with Crippen LogP contribution in [0.4, 0.5) is 11.4 Å². The topological polar surface area (TPSA) is 93.7 Å². The van der Waals surface area contributed by atoms with E-state index in [1.807, 2.05) is 19.9 Å². The minimum atomic E-state index is -0.429. The predicted octanol–water partition coefficient (Wildman–Crippen LogP) is 1.49. The number of hydrogen-bond donors (Lipinski definition) is 2. The molecule has 0 saturated carbocycles. The summed E-state index contributed by atoms with van der Waals surface area (Å²) in [5, 5.41) is 11.0. The van der Waals surface area contributed by atoms with Crippen LogP contribution in [0, 0.1) is 10.1 Å². The summed E-state index contributed by atoms with van der Waals surface area (Å²) in [6, 6.07) is 5.06. The summed E-state index contributed by atoms with van der Waals surface area (Å²) in [4.78, 5) is 12.8. The third-order valence-electron chi connectivity index (χ3n) is 3.33. The number of nitro groups is 1. The zero-order valence-corrected chi connectivity index (χ0v) is 11.8. The summed E-state index contributed by atoms with van der Waals surface area (Å²) in [6.07, 6.45) is 0. The van der Waals surface area contributed by atoms with Crippen molar-refractivity contribution < 1.29 is 9.66 Å². The number of nitro benzene ring substituents is 1. The summed E-state index contributed by atoms with van der Waals surface area (Å²) in [7, 11) is 0. The molecule has 0 aromatic heterocycles. The number of nitrogens with one attached hydrogen (secondary N) is 1. The zero-order chi connectivity index (χ0) is 14.8. The highest BCUT2D eigenvalue weighted by Gasteiger charge is 2.27. The maximum Gasteiger partial charge on any atom is 0.293 e. The maximum absolute atomic E-state index is 11.0. The first-order chi connectivity index (χ1) is 9.41. The Morgan fingerprint density at radius 1 is 1.55 bits per heavy atom. The fourth-order valence-electron chi connectivity index (χ4n) is 2.46. The number of hydrazine groups is 1. The van der Waals surface area contributed by atoms with Gasteiger partial charge < -0.3 is 10.2 Å². The fourth-order valence-corrected chi connectivity index (χ4v) is 2.46. The van der Waals surface area contributed by atoms with Crippen LogP contribution in [-0.2, 0) is 11.3 Å². The average molecular weight is 280 g/mol. The first-order valence-electron chi connectivity index (χ1n) is 6.51. The molecule has 7 nitrogen and oxygen atoms in total. The van der Waals surface area contributed by atoms with Gasteiger partial charge in [0.15, 0.2) is 0 Å². The molecule has 0 unspecified atom stereocenters. The molecular formula is C13H20N4O3. The van der Waals surface area contributed by atoms with Gasteiger partial charge in [0.1, 0.15) is 5.69 Å². The molecule has 0 aliphatic carbocycles. The number of anilines is 1. The quantitative estimate of drug-likeness (QED) is 0.493. The maximum atomic E-state index is 11.0. The Hall–Kier alpha value is -1.70. The number of nitrogens with two attached hydrogens (primary N) is 1. The van der Waals surface area contributed by atoms with Gasteiger partial charge in [0, 0.05) is 25.7 Å². The van der Waals surface area contributed by atoms with E-state index in [4.69, 9.17) is 10.6 Å². The van der Waals surface area contributed by atoms with Gasteiger partial charge in [-0.1, -0.05) is 6.07 Å². The van der Waals surface area contributed by atoms with Crippen molar-refractivity contribution in [1.82, 2.24) is 4.90 Å². The highest BCUT2D eigenvalue weighted by molar-refractivity contribution is 5.61. The predicted molar refractivity (Wildman–Crippen MR) is 76.2 cm³/mol. The molecule has 0 amide bonds. The molecule has 20 heavy (non-hydrogen) atoms. The lowest BCUT2D eigenvalue weighted by Gasteiger charge is -2.38. The number of morpholine rings is 1. The summed E-state index contributed by atoms with van der Waals surface area (Å²) in [6.45, 7) is 7.06. The molecule has 7 heteroatoms. The van der Waals surface area contributed by atoms with Crippen molar-refractivity contribution >= 4 is 11.4 Å². The summed E-state index contributed by atoms with van der Waals surface area (Å²) < 4.78 is 5.66. The Morgan fingerprint density at radius 3 is 2.90 bits per heavy atom. The molecule has 1 aliphatic rings. The molecule has 110 valence electrons. The summed E-state index contributed by atoms with van der Waals surface area (Å²) >= 11 is 0. The van der Waals surface area contributed by atoms with E-state index in [0.717, 1.165) is 18.7 Å². The molecule has 3 N–H and O–H groups in total. The molecule has 1 heterocycles. The van der Waals surface area contributed by atoms with Crippen molar-refractivity contribution in [2.24, 2.45) is 5.84 Å². The van der Waals surface area contributed by atoms with Crippen LogP contribution in [0.2, 0.25) is 0 Å². The van der Waals surface area contributed by atoms with Crippen molar-refractivity contribution in [2.75, 3.05) is 25.1 Å². The zero-order valence-electron chi connectivity index (χ0n) is 11.8. The van der Waals surface area contributed by atoms with Crippen molar-refractivity contribution in [1.29, 1.82) is 0 Å². The minimum Gasteiger partial charge on any atom is -0.373 e. The van der Waals surface area contributed by atoms with Gasteiger partial charge in [-0.05, 0) is 25.5 Å². The lowest BCUT2D eigenvalue weighted by atomic mass is 10.1. The number of rotatable bonds is 4. The summed E-state index contributed by atoms with van der Waals surface area (Å²) in [5.74, 6) is 5.28. The van der Waals surface area contributed by atoms with Crippen LogP contribution in [0.1, 0.15) is 19.4 Å². The Balaban J connectivity index is 2.13. The van der Waals surface area contributed by atoms with Crippen molar-refractivity contribution in [2.45, 2.75) is 26.0 Å². The Labute approximate surface area is 117 Å². The minimum absolute atomic E-state index is 0.00230. The van der Waals surface area contributed by atoms with Gasteiger partial charge in [0.2, 0.25) is 0 Å². The van der Waals surface area contributed by atoms with Gasteiger partial charge in [0.25, 0.3) is 5.69 Å². The SMILES string of the molecule is CC1(C)CN(Cc2ccc(NN)c([N+](=O)[O-])c2)CCO1. The Kier molecular flexibility index (Phi) is 4.22. The molecule has 0 atom stereocenters. The van der Waals surface area contributed by atoms with Crippen LogP contribution in [-0.4, -0.2) is 35.1 Å². The molecule has 1 saturated heterocycles. The summed E-state index contributed by atoms with van der Waals surface area (Å²) in [5.41, 5.74) is 3.38. The van der Waals surface area contributed by atoms with Gasteiger partial charge in [0.05, 0.1) is 17.1 Å². The largest absolute Gasteiger partial charge is 0.373 e. The van der Waals surface area contributed by atoms with Gasteiger partial charge in [-0.3, -0.25) is 20.9 Å². The lowest BCUT2D eigenvalue weighted by molar-refractivity contribution is -0.384. The molecule has 0 bridgehead atoms. The monoisotopic (exact) mass is 280 g/mol. The van der Waals surface area contributed by atoms with Crippen molar-refractivity contribution in [3.63, 3.8) is 0 Å². The van der Waals surface area contributed by atoms with Gasteiger partial charge >= 0.3 is 0 Å². The first kappa shape index (κ1) is 14.7. The van der Waals surface area contributed by atoms with Crippen LogP contribution in [0.15, 0.2) is 18.2 Å². The van der Waals surface area contributed by atoms with Crippen LogP contribution in [0.5, 0.6) is 0 Å². The van der Waals surface area contributed by atoms with E-state index < -0.39 is 4.92 Å². The first-order valence-corrected chi connectivity index (χ1v) is 6.51. The van der Waals surface area contributed by atoms with E-state index in [9.17, 15) is 10.1 Å². The van der Waals surface area contributed by atoms with Crippen LogP contribution < -0.4 is 11.3 Å². The molecule has 0 spiro atoms. The third kappa shape index (κ3) is 3.44. The number of benzene rings is 1. The van der Waals surface area contributed by atoms with Crippen LogP contribution in [0.3, 0.4) is 0 Å². The van der Waals surface area contributed by atoms with E-state index >= 15 is 0 Å². The van der Waals surface area contributed by atoms with E-state index in [1.54, 1.807) is 12.1 Å². The lowest BCUT2D eigenvalue weighted by Crippen LogP contribution is -2.47. The smallest absolute Gasteiger partial charge is 0.293 e. The molecular weight excluding hydrogens is 260 g/mol. The van der Waals surface area contributed by atoms with Gasteiger partial charge in [-0.15, -0.1) is 0 Å². The van der Waals surface area contributed by atoms with Crippen molar-refractivity contribution in [3.05, 3.63) is 33.9 Å².